The van der Waals surface area contributed by atoms with Crippen molar-refractivity contribution in [2.75, 3.05) is 32.9 Å². The van der Waals surface area contributed by atoms with Gasteiger partial charge in [0.05, 0.1) is 12.7 Å². The first kappa shape index (κ1) is 15.1. The number of fused-ring (bicyclic) bond motifs is 1. The van der Waals surface area contributed by atoms with Gasteiger partial charge in [-0.2, -0.15) is 0 Å². The molecule has 23 heavy (non-hydrogen) atoms. The van der Waals surface area contributed by atoms with Crippen molar-refractivity contribution in [3.05, 3.63) is 30.1 Å². The molecule has 3 atom stereocenters. The number of ether oxygens (including phenoxy) is 2. The lowest BCUT2D eigenvalue weighted by atomic mass is 9.91. The van der Waals surface area contributed by atoms with Crippen LogP contribution in [0.3, 0.4) is 0 Å². The van der Waals surface area contributed by atoms with Crippen LogP contribution in [0.4, 0.5) is 0 Å². The summed E-state index contributed by atoms with van der Waals surface area (Å²) in [6.45, 7) is 4.09. The van der Waals surface area contributed by atoms with E-state index in [9.17, 15) is 4.79 Å². The van der Waals surface area contributed by atoms with Crippen LogP contribution in [0, 0.1) is 17.8 Å². The zero-order chi connectivity index (χ0) is 15.6. The molecule has 0 aromatic carbocycles. The number of likely N-dealkylation sites (tertiary alicyclic amines) is 1. The maximum absolute atomic E-state index is 12.5. The molecule has 2 saturated heterocycles. The van der Waals surface area contributed by atoms with Gasteiger partial charge < -0.3 is 14.4 Å². The van der Waals surface area contributed by atoms with Gasteiger partial charge in [-0.3, -0.25) is 9.78 Å². The van der Waals surface area contributed by atoms with E-state index in [4.69, 9.17) is 9.47 Å². The summed E-state index contributed by atoms with van der Waals surface area (Å²) in [6, 6.07) is 3.56. The Morgan fingerprint density at radius 2 is 2.13 bits per heavy atom. The molecule has 3 aliphatic rings. The third-order valence-corrected chi connectivity index (χ3v) is 5.34. The number of nitrogens with zero attached hydrogens (tertiary/aromatic N) is 2. The van der Waals surface area contributed by atoms with Gasteiger partial charge in [0.25, 0.3) is 5.91 Å². The zero-order valence-electron chi connectivity index (χ0n) is 13.4. The summed E-state index contributed by atoms with van der Waals surface area (Å²) in [5.74, 6) is 1.90. The van der Waals surface area contributed by atoms with Crippen LogP contribution in [0.15, 0.2) is 24.5 Å². The minimum atomic E-state index is 0.0918. The largest absolute Gasteiger partial charge is 0.381 e. The second-order valence-electron chi connectivity index (χ2n) is 7.05. The van der Waals surface area contributed by atoms with E-state index in [2.05, 4.69) is 4.98 Å². The normalized spacial score (nSPS) is 29.7. The number of hydrogen-bond acceptors (Lipinski definition) is 4. The van der Waals surface area contributed by atoms with Gasteiger partial charge in [0.2, 0.25) is 0 Å². The lowest BCUT2D eigenvalue weighted by Crippen LogP contribution is -2.31. The fourth-order valence-corrected chi connectivity index (χ4v) is 3.71. The van der Waals surface area contributed by atoms with E-state index in [-0.39, 0.29) is 12.0 Å². The molecule has 0 radical (unpaired) electrons. The molecule has 1 saturated carbocycles. The topological polar surface area (TPSA) is 51.7 Å². The van der Waals surface area contributed by atoms with Crippen LogP contribution < -0.4 is 0 Å². The first-order valence-electron chi connectivity index (χ1n) is 8.70. The molecule has 4 rings (SSSR count). The fraction of sp³-hybridized carbons (Fsp3) is 0.667. The lowest BCUT2D eigenvalue weighted by Gasteiger charge is -2.20. The molecule has 0 unspecified atom stereocenters. The Labute approximate surface area is 137 Å². The van der Waals surface area contributed by atoms with Gasteiger partial charge in [-0.1, -0.05) is 0 Å². The average Bonchev–Trinajstić information content (AvgIpc) is 3.19. The van der Waals surface area contributed by atoms with E-state index in [0.717, 1.165) is 38.7 Å². The Kier molecular flexibility index (Phi) is 4.31. The van der Waals surface area contributed by atoms with E-state index in [1.807, 2.05) is 4.90 Å². The summed E-state index contributed by atoms with van der Waals surface area (Å²) >= 11 is 0. The van der Waals surface area contributed by atoms with Crippen molar-refractivity contribution < 1.29 is 14.3 Å². The highest BCUT2D eigenvalue weighted by molar-refractivity contribution is 5.94. The van der Waals surface area contributed by atoms with Gasteiger partial charge in [0, 0.05) is 50.2 Å². The monoisotopic (exact) mass is 316 g/mol. The summed E-state index contributed by atoms with van der Waals surface area (Å²) in [5, 5.41) is 0. The molecule has 0 spiro atoms. The Morgan fingerprint density at radius 1 is 1.30 bits per heavy atom. The highest BCUT2D eigenvalue weighted by Gasteiger charge is 2.45. The predicted octanol–water partition coefficient (Wildman–Crippen LogP) is 1.99. The van der Waals surface area contributed by atoms with Crippen LogP contribution in [0.5, 0.6) is 0 Å². The van der Waals surface area contributed by atoms with E-state index < -0.39 is 0 Å². The predicted molar refractivity (Wildman–Crippen MR) is 85.0 cm³/mol. The summed E-state index contributed by atoms with van der Waals surface area (Å²) in [6.07, 6.45) is 7.26. The summed E-state index contributed by atoms with van der Waals surface area (Å²) in [4.78, 5) is 18.5. The molecule has 5 heteroatoms. The van der Waals surface area contributed by atoms with Gasteiger partial charge in [-0.15, -0.1) is 0 Å². The molecule has 124 valence electrons. The number of amides is 1. The number of rotatable bonds is 6. The summed E-state index contributed by atoms with van der Waals surface area (Å²) in [5.41, 5.74) is 0.712. The lowest BCUT2D eigenvalue weighted by molar-refractivity contribution is 0.0651. The van der Waals surface area contributed by atoms with Crippen LogP contribution in [-0.2, 0) is 9.47 Å². The molecule has 0 N–H and O–H groups in total. The van der Waals surface area contributed by atoms with Crippen molar-refractivity contribution in [3.8, 4) is 0 Å². The van der Waals surface area contributed by atoms with Crippen LogP contribution in [0.2, 0.25) is 0 Å². The maximum atomic E-state index is 12.5. The molecule has 3 heterocycles. The molecule has 1 amide bonds. The Bertz CT molecular complexity index is 546. The van der Waals surface area contributed by atoms with E-state index >= 15 is 0 Å². The molecular weight excluding hydrogens is 292 g/mol. The van der Waals surface area contributed by atoms with Crippen molar-refractivity contribution in [1.82, 2.24) is 9.88 Å². The van der Waals surface area contributed by atoms with Gasteiger partial charge >= 0.3 is 0 Å². The molecule has 5 nitrogen and oxygen atoms in total. The molecule has 1 aromatic rings. The zero-order valence-corrected chi connectivity index (χ0v) is 13.4. The second kappa shape index (κ2) is 6.57. The van der Waals surface area contributed by atoms with Gasteiger partial charge in [-0.05, 0) is 43.2 Å². The Balaban J connectivity index is 1.29. The van der Waals surface area contributed by atoms with E-state index in [0.29, 0.717) is 23.9 Å². The van der Waals surface area contributed by atoms with Gasteiger partial charge in [-0.25, -0.2) is 0 Å². The highest BCUT2D eigenvalue weighted by atomic mass is 16.5. The third-order valence-electron chi connectivity index (χ3n) is 5.34. The highest BCUT2D eigenvalue weighted by Crippen LogP contribution is 2.36. The molecular formula is C18H24N2O3. The summed E-state index contributed by atoms with van der Waals surface area (Å²) < 4.78 is 11.7. The van der Waals surface area contributed by atoms with Crippen molar-refractivity contribution in [2.24, 2.45) is 17.8 Å². The Morgan fingerprint density at radius 3 is 2.91 bits per heavy atom. The minimum Gasteiger partial charge on any atom is -0.381 e. The Hall–Kier alpha value is -1.46. The first-order valence-corrected chi connectivity index (χ1v) is 8.70. The second-order valence-corrected chi connectivity index (χ2v) is 7.05. The van der Waals surface area contributed by atoms with Crippen LogP contribution in [0.1, 0.15) is 29.6 Å². The van der Waals surface area contributed by atoms with Gasteiger partial charge in [0.15, 0.2) is 0 Å². The average molecular weight is 316 g/mol. The number of aromatic nitrogens is 1. The minimum absolute atomic E-state index is 0.0918. The molecule has 1 aromatic heterocycles. The van der Waals surface area contributed by atoms with E-state index in [1.54, 1.807) is 24.5 Å². The molecule has 1 aliphatic carbocycles. The number of hydrogen-bond donors (Lipinski definition) is 0. The first-order chi connectivity index (χ1) is 11.3. The quantitative estimate of drug-likeness (QED) is 0.753. The van der Waals surface area contributed by atoms with Crippen molar-refractivity contribution in [3.63, 3.8) is 0 Å². The molecule has 3 fully saturated rings. The molecule has 0 bridgehead atoms. The smallest absolute Gasteiger partial charge is 0.254 e. The van der Waals surface area contributed by atoms with Crippen molar-refractivity contribution in [1.29, 1.82) is 0 Å². The number of carbonyl (C=O) groups is 1. The standard InChI is InChI=1S/C18H24N2O3/c21-18(14-3-6-19-7-4-14)20-9-16-15(12-23-17(16)10-20)5-8-22-11-13-1-2-13/h3-4,6-7,13,15-17H,1-2,5,8-12H2/t15-,16-,17-/m0/s1. The summed E-state index contributed by atoms with van der Waals surface area (Å²) in [7, 11) is 0. The number of carbonyl (C=O) groups excluding carboxylic acids is 1. The van der Waals surface area contributed by atoms with Crippen LogP contribution in [-0.4, -0.2) is 54.8 Å². The SMILES string of the molecule is O=C(c1ccncc1)N1C[C@H]2[C@@H](CCOCC3CC3)CO[C@H]2C1. The van der Waals surface area contributed by atoms with Crippen LogP contribution >= 0.6 is 0 Å². The van der Waals surface area contributed by atoms with Crippen LogP contribution in [0.25, 0.3) is 0 Å². The maximum Gasteiger partial charge on any atom is 0.254 e. The molecule has 2 aliphatic heterocycles. The van der Waals surface area contributed by atoms with Gasteiger partial charge in [0.1, 0.15) is 0 Å². The van der Waals surface area contributed by atoms with Crippen molar-refractivity contribution >= 4 is 5.91 Å². The third kappa shape index (κ3) is 3.40. The number of pyridine rings is 1. The fourth-order valence-electron chi connectivity index (χ4n) is 3.71. The van der Waals surface area contributed by atoms with Crippen molar-refractivity contribution in [2.45, 2.75) is 25.4 Å². The van der Waals surface area contributed by atoms with E-state index in [1.165, 1.54) is 12.8 Å².